The molecule has 0 radical (unpaired) electrons. The van der Waals surface area contributed by atoms with Crippen LogP contribution < -0.4 is 5.69 Å². The summed E-state index contributed by atoms with van der Waals surface area (Å²) in [7, 11) is 0. The van der Waals surface area contributed by atoms with Crippen molar-refractivity contribution in [2.24, 2.45) is 0 Å². The van der Waals surface area contributed by atoms with Gasteiger partial charge in [0.05, 0.1) is 6.67 Å². The lowest BCUT2D eigenvalue weighted by atomic mass is 10.4. The van der Waals surface area contributed by atoms with E-state index in [0.29, 0.717) is 27.4 Å². The molecule has 0 saturated heterocycles. The molecule has 3 aromatic rings. The number of hydrogen-bond acceptors (Lipinski definition) is 4. The van der Waals surface area contributed by atoms with Gasteiger partial charge >= 0.3 is 5.69 Å². The molecule has 3 heterocycles. The number of H-pyrrole nitrogens is 1. The lowest BCUT2D eigenvalue weighted by molar-refractivity contribution is 0.443. The van der Waals surface area contributed by atoms with Crippen molar-refractivity contribution >= 4 is 32.7 Å². The van der Waals surface area contributed by atoms with Crippen molar-refractivity contribution in [1.82, 2.24) is 29.1 Å². The molecule has 0 aliphatic heterocycles. The zero-order valence-electron chi connectivity index (χ0n) is 10.0. The normalized spacial score (nSPS) is 11.7. The lowest BCUT2D eigenvalue weighted by Crippen LogP contribution is -2.28. The number of aromatic amines is 1. The van der Waals surface area contributed by atoms with E-state index in [4.69, 9.17) is 0 Å². The van der Waals surface area contributed by atoms with Gasteiger partial charge in [0, 0.05) is 6.54 Å². The van der Waals surface area contributed by atoms with Crippen LogP contribution in [0.25, 0.3) is 16.8 Å². The summed E-state index contributed by atoms with van der Waals surface area (Å²) in [4.78, 5) is 23.7. The predicted octanol–water partition coefficient (Wildman–Crippen LogP) is 1.20. The highest BCUT2D eigenvalue weighted by molar-refractivity contribution is 9.10. The van der Waals surface area contributed by atoms with E-state index in [0.717, 1.165) is 0 Å². The Morgan fingerprint density at radius 3 is 2.89 bits per heavy atom. The van der Waals surface area contributed by atoms with E-state index in [9.17, 15) is 9.18 Å². The SMILES string of the molecule is Cc1nc2c3[nH]c(Br)nc3n(CCCF)c(=O)n2n1. The van der Waals surface area contributed by atoms with Gasteiger partial charge in [-0.1, -0.05) is 0 Å². The number of alkyl halides is 1. The first kappa shape index (κ1) is 12.3. The quantitative estimate of drug-likeness (QED) is 0.732. The molecule has 0 aliphatic rings. The topological polar surface area (TPSA) is 80.9 Å². The third-order valence-electron chi connectivity index (χ3n) is 2.78. The smallest absolute Gasteiger partial charge is 0.328 e. The Bertz CT molecular complexity index is 819. The molecule has 0 fully saturated rings. The fraction of sp³-hybridized carbons (Fsp3) is 0.400. The van der Waals surface area contributed by atoms with Crippen LogP contribution in [0.4, 0.5) is 4.39 Å². The summed E-state index contributed by atoms with van der Waals surface area (Å²) in [6.07, 6.45) is 0.249. The summed E-state index contributed by atoms with van der Waals surface area (Å²) in [6.45, 7) is 1.46. The van der Waals surface area contributed by atoms with Crippen molar-refractivity contribution in [3.63, 3.8) is 0 Å². The standard InChI is InChI=1S/C10H10BrFN6O/c1-5-13-8-6-7(15-9(11)14-6)17(4-2-3-12)10(19)18(8)16-5/h2-4H2,1H3,(H,14,15). The van der Waals surface area contributed by atoms with Gasteiger partial charge in [0.2, 0.25) is 0 Å². The van der Waals surface area contributed by atoms with Crippen LogP contribution in [-0.2, 0) is 6.54 Å². The van der Waals surface area contributed by atoms with E-state index in [1.54, 1.807) is 6.92 Å². The highest BCUT2D eigenvalue weighted by atomic mass is 79.9. The van der Waals surface area contributed by atoms with Crippen molar-refractivity contribution < 1.29 is 4.39 Å². The molecule has 0 bridgehead atoms. The molecule has 0 amide bonds. The van der Waals surface area contributed by atoms with E-state index in [-0.39, 0.29) is 18.7 Å². The molecular formula is C10H10BrFN6O. The molecule has 0 atom stereocenters. The second-order valence-corrected chi connectivity index (χ2v) is 4.85. The molecule has 0 saturated carbocycles. The summed E-state index contributed by atoms with van der Waals surface area (Å²) >= 11 is 3.23. The molecule has 100 valence electrons. The van der Waals surface area contributed by atoms with Crippen LogP contribution in [0.3, 0.4) is 0 Å². The van der Waals surface area contributed by atoms with Gasteiger partial charge in [-0.15, -0.1) is 5.10 Å². The van der Waals surface area contributed by atoms with Crippen LogP contribution in [0.2, 0.25) is 0 Å². The molecule has 1 N–H and O–H groups in total. The molecule has 9 heteroatoms. The van der Waals surface area contributed by atoms with Crippen molar-refractivity contribution in [2.75, 3.05) is 6.67 Å². The number of nitrogens with zero attached hydrogens (tertiary/aromatic N) is 5. The monoisotopic (exact) mass is 328 g/mol. The average molecular weight is 329 g/mol. The van der Waals surface area contributed by atoms with Crippen LogP contribution in [0.15, 0.2) is 9.53 Å². The predicted molar refractivity (Wildman–Crippen MR) is 69.9 cm³/mol. The minimum atomic E-state index is -0.492. The maximum atomic E-state index is 12.3. The number of aryl methyl sites for hydroxylation is 2. The van der Waals surface area contributed by atoms with Gasteiger partial charge in [-0.2, -0.15) is 4.52 Å². The molecule has 0 spiro atoms. The van der Waals surface area contributed by atoms with Gasteiger partial charge in [-0.25, -0.2) is 14.8 Å². The zero-order chi connectivity index (χ0) is 13.6. The Hall–Kier alpha value is -1.77. The fourth-order valence-corrected chi connectivity index (χ4v) is 2.39. The van der Waals surface area contributed by atoms with Crippen LogP contribution >= 0.6 is 15.9 Å². The van der Waals surface area contributed by atoms with Gasteiger partial charge < -0.3 is 4.98 Å². The summed E-state index contributed by atoms with van der Waals surface area (Å²) in [6, 6.07) is 0. The van der Waals surface area contributed by atoms with Gasteiger partial charge in [0.25, 0.3) is 0 Å². The van der Waals surface area contributed by atoms with Crippen molar-refractivity contribution in [3.05, 3.63) is 21.0 Å². The first-order valence-electron chi connectivity index (χ1n) is 5.69. The Balaban J connectivity index is 2.43. The molecule has 0 unspecified atom stereocenters. The van der Waals surface area contributed by atoms with Gasteiger partial charge in [-0.3, -0.25) is 8.96 Å². The molecule has 0 aromatic carbocycles. The van der Waals surface area contributed by atoms with Crippen molar-refractivity contribution in [3.8, 4) is 0 Å². The third kappa shape index (κ3) is 1.84. The van der Waals surface area contributed by atoms with Crippen molar-refractivity contribution in [1.29, 1.82) is 0 Å². The third-order valence-corrected chi connectivity index (χ3v) is 3.15. The van der Waals surface area contributed by atoms with Crippen molar-refractivity contribution in [2.45, 2.75) is 19.9 Å². The number of fused-ring (bicyclic) bond motifs is 3. The Labute approximate surface area is 114 Å². The molecular weight excluding hydrogens is 319 g/mol. The Morgan fingerprint density at radius 1 is 1.37 bits per heavy atom. The second-order valence-electron chi connectivity index (χ2n) is 4.10. The molecule has 0 aliphatic carbocycles. The van der Waals surface area contributed by atoms with Crippen LogP contribution in [0.5, 0.6) is 0 Å². The van der Waals surface area contributed by atoms with Crippen LogP contribution in [0, 0.1) is 6.92 Å². The highest BCUT2D eigenvalue weighted by Gasteiger charge is 2.16. The van der Waals surface area contributed by atoms with Crippen LogP contribution in [-0.4, -0.2) is 35.8 Å². The number of nitrogens with one attached hydrogen (secondary N) is 1. The minimum absolute atomic E-state index is 0.248. The number of aromatic nitrogens is 6. The van der Waals surface area contributed by atoms with E-state index in [1.807, 2.05) is 0 Å². The second kappa shape index (κ2) is 4.41. The summed E-state index contributed by atoms with van der Waals surface area (Å²) < 4.78 is 15.4. The first-order chi connectivity index (χ1) is 9.11. The molecule has 3 rings (SSSR count). The van der Waals surface area contributed by atoms with Gasteiger partial charge in [-0.05, 0) is 29.3 Å². The lowest BCUT2D eigenvalue weighted by Gasteiger charge is -2.05. The van der Waals surface area contributed by atoms with Gasteiger partial charge in [0.1, 0.15) is 11.3 Å². The summed E-state index contributed by atoms with van der Waals surface area (Å²) in [5, 5.41) is 4.06. The summed E-state index contributed by atoms with van der Waals surface area (Å²) in [5.74, 6) is 0.493. The molecule has 19 heavy (non-hydrogen) atoms. The highest BCUT2D eigenvalue weighted by Crippen LogP contribution is 2.17. The molecule has 7 nitrogen and oxygen atoms in total. The number of hydrogen-bond donors (Lipinski definition) is 1. The number of halogens is 2. The van der Waals surface area contributed by atoms with Gasteiger partial charge in [0.15, 0.2) is 16.0 Å². The maximum Gasteiger partial charge on any atom is 0.352 e. The Kier molecular flexibility index (Phi) is 2.85. The minimum Gasteiger partial charge on any atom is -0.328 e. The molecule has 3 aromatic heterocycles. The largest absolute Gasteiger partial charge is 0.352 e. The first-order valence-corrected chi connectivity index (χ1v) is 6.48. The fourth-order valence-electron chi connectivity index (χ4n) is 2.02. The van der Waals surface area contributed by atoms with Crippen LogP contribution in [0.1, 0.15) is 12.2 Å². The maximum absolute atomic E-state index is 12.3. The zero-order valence-corrected chi connectivity index (χ0v) is 11.6. The van der Waals surface area contributed by atoms with E-state index < -0.39 is 6.67 Å². The Morgan fingerprint density at radius 2 is 2.16 bits per heavy atom. The average Bonchev–Trinajstić information content (AvgIpc) is 2.92. The van der Waals surface area contributed by atoms with E-state index in [2.05, 4.69) is 36.0 Å². The summed E-state index contributed by atoms with van der Waals surface area (Å²) in [5.41, 5.74) is 1.11. The number of imidazole rings is 1. The van der Waals surface area contributed by atoms with E-state index in [1.165, 1.54) is 9.08 Å². The van der Waals surface area contributed by atoms with E-state index >= 15 is 0 Å². The number of rotatable bonds is 3.